The molecule has 0 amide bonds. The molecule has 64 valence electrons. The van der Waals surface area contributed by atoms with Crippen LogP contribution in [-0.4, -0.2) is 20.3 Å². The summed E-state index contributed by atoms with van der Waals surface area (Å²) >= 11 is 0. The molecule has 1 aromatic rings. The fraction of sp³-hybridized carbons (Fsp3) is 0.400. The minimum absolute atomic E-state index is 0.129. The predicted molar refractivity (Wildman–Crippen MR) is 45.9 cm³/mol. The third-order valence-electron chi connectivity index (χ3n) is 2.17. The number of epoxide rings is 1. The highest BCUT2D eigenvalue weighted by Crippen LogP contribution is 2.38. The van der Waals surface area contributed by atoms with Crippen molar-refractivity contribution in [3.05, 3.63) is 35.9 Å². The maximum Gasteiger partial charge on any atom is 0.140 e. The van der Waals surface area contributed by atoms with Gasteiger partial charge in [-0.25, -0.2) is 0 Å². The first-order chi connectivity index (χ1) is 5.87. The molecule has 0 saturated carbocycles. The van der Waals surface area contributed by atoms with Gasteiger partial charge in [0.05, 0.1) is 13.2 Å². The van der Waals surface area contributed by atoms with Crippen molar-refractivity contribution in [3.8, 4) is 0 Å². The summed E-state index contributed by atoms with van der Waals surface area (Å²) in [6, 6.07) is 10.2. The Bertz CT molecular complexity index is 252. The second-order valence-electron chi connectivity index (χ2n) is 3.08. The average molecular weight is 164 g/mol. The molecule has 2 heteroatoms. The van der Waals surface area contributed by atoms with Crippen LogP contribution < -0.4 is 0 Å². The van der Waals surface area contributed by atoms with Gasteiger partial charge in [0.2, 0.25) is 0 Å². The summed E-state index contributed by atoms with van der Waals surface area (Å²) in [5, 5.41) is 0. The van der Waals surface area contributed by atoms with Gasteiger partial charge in [-0.05, 0) is 5.56 Å². The van der Waals surface area contributed by atoms with Gasteiger partial charge >= 0.3 is 0 Å². The van der Waals surface area contributed by atoms with Crippen LogP contribution in [0.2, 0.25) is 0 Å². The summed E-state index contributed by atoms with van der Waals surface area (Å²) in [5.74, 6) is 0. The molecule has 1 fully saturated rings. The second kappa shape index (κ2) is 2.88. The van der Waals surface area contributed by atoms with Crippen LogP contribution in [0.1, 0.15) is 5.56 Å². The van der Waals surface area contributed by atoms with Crippen molar-refractivity contribution in [1.82, 2.24) is 0 Å². The summed E-state index contributed by atoms with van der Waals surface area (Å²) < 4.78 is 10.5. The van der Waals surface area contributed by atoms with Crippen molar-refractivity contribution in [1.29, 1.82) is 0 Å². The van der Waals surface area contributed by atoms with Crippen LogP contribution in [0.5, 0.6) is 0 Å². The molecule has 2 rings (SSSR count). The van der Waals surface area contributed by atoms with E-state index in [2.05, 4.69) is 12.1 Å². The van der Waals surface area contributed by atoms with Gasteiger partial charge in [-0.3, -0.25) is 0 Å². The second-order valence-corrected chi connectivity index (χ2v) is 3.08. The SMILES string of the molecule is COCC1(c2ccccc2)CO1. The lowest BCUT2D eigenvalue weighted by Crippen LogP contribution is -2.15. The Morgan fingerprint density at radius 1 is 1.42 bits per heavy atom. The highest BCUT2D eigenvalue weighted by molar-refractivity contribution is 5.26. The maximum absolute atomic E-state index is 5.40. The smallest absolute Gasteiger partial charge is 0.140 e. The zero-order valence-corrected chi connectivity index (χ0v) is 7.12. The molecule has 0 radical (unpaired) electrons. The molecule has 0 spiro atoms. The molecule has 1 saturated heterocycles. The third-order valence-corrected chi connectivity index (χ3v) is 2.17. The van der Waals surface area contributed by atoms with Crippen molar-refractivity contribution in [2.45, 2.75) is 5.60 Å². The molecule has 0 aromatic heterocycles. The van der Waals surface area contributed by atoms with Gasteiger partial charge in [0.1, 0.15) is 5.60 Å². The molecule has 1 aliphatic heterocycles. The van der Waals surface area contributed by atoms with Crippen molar-refractivity contribution in [2.75, 3.05) is 20.3 Å². The van der Waals surface area contributed by atoms with Gasteiger partial charge < -0.3 is 9.47 Å². The van der Waals surface area contributed by atoms with Gasteiger partial charge in [-0.2, -0.15) is 0 Å². The fourth-order valence-electron chi connectivity index (χ4n) is 1.40. The summed E-state index contributed by atoms with van der Waals surface area (Å²) in [5.41, 5.74) is 1.09. The third kappa shape index (κ3) is 1.24. The maximum atomic E-state index is 5.40. The number of methoxy groups -OCH3 is 1. The highest BCUT2D eigenvalue weighted by atomic mass is 16.6. The largest absolute Gasteiger partial charge is 0.381 e. The lowest BCUT2D eigenvalue weighted by Gasteiger charge is -2.09. The van der Waals surface area contributed by atoms with Crippen LogP contribution in [0, 0.1) is 0 Å². The lowest BCUT2D eigenvalue weighted by atomic mass is 10.0. The highest BCUT2D eigenvalue weighted by Gasteiger charge is 2.46. The van der Waals surface area contributed by atoms with Crippen LogP contribution in [-0.2, 0) is 15.1 Å². The van der Waals surface area contributed by atoms with Crippen molar-refractivity contribution < 1.29 is 9.47 Å². The fourth-order valence-corrected chi connectivity index (χ4v) is 1.40. The Hall–Kier alpha value is -0.860. The molecule has 0 N–H and O–H groups in total. The van der Waals surface area contributed by atoms with E-state index in [1.807, 2.05) is 18.2 Å². The first kappa shape index (κ1) is 7.77. The summed E-state index contributed by atoms with van der Waals surface area (Å²) in [6.07, 6.45) is 0. The van der Waals surface area contributed by atoms with E-state index in [9.17, 15) is 0 Å². The van der Waals surface area contributed by atoms with E-state index in [0.29, 0.717) is 6.61 Å². The van der Waals surface area contributed by atoms with E-state index >= 15 is 0 Å². The quantitative estimate of drug-likeness (QED) is 0.632. The van der Waals surface area contributed by atoms with Crippen molar-refractivity contribution >= 4 is 0 Å². The topological polar surface area (TPSA) is 21.8 Å². The van der Waals surface area contributed by atoms with Crippen molar-refractivity contribution in [3.63, 3.8) is 0 Å². The predicted octanol–water partition coefficient (Wildman–Crippen LogP) is 1.56. The van der Waals surface area contributed by atoms with Gasteiger partial charge in [0.15, 0.2) is 0 Å². The minimum Gasteiger partial charge on any atom is -0.381 e. The van der Waals surface area contributed by atoms with Crippen LogP contribution >= 0.6 is 0 Å². The minimum atomic E-state index is -0.129. The Labute approximate surface area is 72.1 Å². The number of ether oxygens (including phenoxy) is 2. The van der Waals surface area contributed by atoms with Gasteiger partial charge in [-0.1, -0.05) is 30.3 Å². The summed E-state index contributed by atoms with van der Waals surface area (Å²) in [7, 11) is 1.70. The lowest BCUT2D eigenvalue weighted by molar-refractivity contribution is 0.120. The Kier molecular flexibility index (Phi) is 1.87. The molecule has 1 aromatic carbocycles. The molecular weight excluding hydrogens is 152 g/mol. The Morgan fingerprint density at radius 3 is 2.58 bits per heavy atom. The normalized spacial score (nSPS) is 27.1. The zero-order valence-electron chi connectivity index (χ0n) is 7.12. The van der Waals surface area contributed by atoms with Gasteiger partial charge in [-0.15, -0.1) is 0 Å². The van der Waals surface area contributed by atoms with Gasteiger partial charge in [0.25, 0.3) is 0 Å². The molecule has 0 bridgehead atoms. The van der Waals surface area contributed by atoms with Gasteiger partial charge in [0, 0.05) is 7.11 Å². The van der Waals surface area contributed by atoms with E-state index in [1.54, 1.807) is 7.11 Å². The average Bonchev–Trinajstić information content (AvgIpc) is 2.88. The molecule has 0 aliphatic carbocycles. The standard InChI is InChI=1S/C10H12O2/c1-11-7-10(8-12-10)9-5-3-2-4-6-9/h2-6H,7-8H2,1H3. The molecule has 1 atom stereocenters. The number of benzene rings is 1. The van der Waals surface area contributed by atoms with E-state index in [4.69, 9.17) is 9.47 Å². The first-order valence-corrected chi connectivity index (χ1v) is 4.06. The monoisotopic (exact) mass is 164 g/mol. The molecular formula is C10H12O2. The molecule has 2 nitrogen and oxygen atoms in total. The van der Waals surface area contributed by atoms with Crippen molar-refractivity contribution in [2.24, 2.45) is 0 Å². The first-order valence-electron chi connectivity index (χ1n) is 4.06. The number of hydrogen-bond donors (Lipinski definition) is 0. The van der Waals surface area contributed by atoms with Crippen LogP contribution in [0.25, 0.3) is 0 Å². The van der Waals surface area contributed by atoms with Crippen LogP contribution in [0.3, 0.4) is 0 Å². The molecule has 1 aliphatic rings. The molecule has 12 heavy (non-hydrogen) atoms. The van der Waals surface area contributed by atoms with Crippen LogP contribution in [0.15, 0.2) is 30.3 Å². The van der Waals surface area contributed by atoms with E-state index in [-0.39, 0.29) is 5.60 Å². The van der Waals surface area contributed by atoms with Crippen LogP contribution in [0.4, 0.5) is 0 Å². The summed E-state index contributed by atoms with van der Waals surface area (Å²) in [6.45, 7) is 1.43. The molecule has 1 heterocycles. The number of hydrogen-bond acceptors (Lipinski definition) is 2. The Balaban J connectivity index is 2.19. The molecule has 1 unspecified atom stereocenters. The Morgan fingerprint density at radius 2 is 2.08 bits per heavy atom. The summed E-state index contributed by atoms with van der Waals surface area (Å²) in [4.78, 5) is 0. The zero-order chi connectivity index (χ0) is 8.44. The van der Waals surface area contributed by atoms with E-state index in [0.717, 1.165) is 6.61 Å². The number of rotatable bonds is 3. The van der Waals surface area contributed by atoms with E-state index < -0.39 is 0 Å². The van der Waals surface area contributed by atoms with E-state index in [1.165, 1.54) is 5.56 Å².